The van der Waals surface area contributed by atoms with Gasteiger partial charge in [0.05, 0.1) is 12.5 Å². The van der Waals surface area contributed by atoms with E-state index in [9.17, 15) is 4.79 Å². The molecule has 1 aromatic carbocycles. The minimum Gasteiger partial charge on any atom is -0.492 e. The maximum Gasteiger partial charge on any atom is 0.145 e. The highest BCUT2D eigenvalue weighted by molar-refractivity contribution is 5.85. The first-order valence-electron chi connectivity index (χ1n) is 8.79. The predicted octanol–water partition coefficient (Wildman–Crippen LogP) is 2.99. The van der Waals surface area contributed by atoms with Gasteiger partial charge in [0.15, 0.2) is 0 Å². The molecule has 2 atom stereocenters. The van der Waals surface area contributed by atoms with Crippen LogP contribution >= 0.6 is 0 Å². The lowest BCUT2D eigenvalue weighted by atomic mass is 9.79. The van der Waals surface area contributed by atoms with Gasteiger partial charge >= 0.3 is 0 Å². The van der Waals surface area contributed by atoms with Gasteiger partial charge in [-0.15, -0.1) is 0 Å². The van der Waals surface area contributed by atoms with Gasteiger partial charge in [-0.25, -0.2) is 0 Å². The van der Waals surface area contributed by atoms with Crippen LogP contribution in [0.2, 0.25) is 0 Å². The first-order valence-corrected chi connectivity index (χ1v) is 8.79. The van der Waals surface area contributed by atoms with E-state index in [4.69, 9.17) is 10.5 Å². The third kappa shape index (κ3) is 3.98. The third-order valence-corrected chi connectivity index (χ3v) is 5.11. The summed E-state index contributed by atoms with van der Waals surface area (Å²) in [5.74, 6) is 0.770. The van der Waals surface area contributed by atoms with Gasteiger partial charge in [-0.05, 0) is 59.1 Å². The van der Waals surface area contributed by atoms with Crippen molar-refractivity contribution in [3.05, 3.63) is 29.3 Å². The first-order chi connectivity index (χ1) is 11.1. The summed E-state index contributed by atoms with van der Waals surface area (Å²) in [7, 11) is 0. The molecule has 0 amide bonds. The van der Waals surface area contributed by atoms with Crippen molar-refractivity contribution in [1.82, 2.24) is 5.32 Å². The molecular weight excluding hydrogens is 300 g/mol. The standard InChI is InChI=1S/C20H32N2O2/c1-13-8-7-9-14(2)18(13)24-12-15(11-21)17(23)16-10-19(3,4)22-20(16,5)6/h7-9,15-16,22H,10-12,21H2,1-6H3. The molecule has 1 aromatic rings. The van der Waals surface area contributed by atoms with Crippen LogP contribution in [-0.4, -0.2) is 30.0 Å². The number of aryl methyl sites for hydroxylation is 2. The predicted molar refractivity (Wildman–Crippen MR) is 98.4 cm³/mol. The summed E-state index contributed by atoms with van der Waals surface area (Å²) < 4.78 is 6.00. The second kappa shape index (κ2) is 6.85. The van der Waals surface area contributed by atoms with Crippen LogP contribution in [0.3, 0.4) is 0 Å². The molecule has 0 aromatic heterocycles. The van der Waals surface area contributed by atoms with Gasteiger partial charge in [-0.3, -0.25) is 4.79 Å². The highest BCUT2D eigenvalue weighted by Gasteiger charge is 2.48. The van der Waals surface area contributed by atoms with E-state index in [-0.39, 0.29) is 28.7 Å². The van der Waals surface area contributed by atoms with Gasteiger partial charge in [0.2, 0.25) is 0 Å². The number of nitrogens with one attached hydrogen (secondary N) is 1. The van der Waals surface area contributed by atoms with Crippen molar-refractivity contribution in [2.24, 2.45) is 17.6 Å². The smallest absolute Gasteiger partial charge is 0.145 e. The number of hydrogen-bond acceptors (Lipinski definition) is 4. The normalized spacial score (nSPS) is 23.0. The maximum absolute atomic E-state index is 13.1. The Hall–Kier alpha value is -1.39. The molecule has 0 saturated carbocycles. The molecular formula is C20H32N2O2. The highest BCUT2D eigenvalue weighted by Crippen LogP contribution is 2.37. The van der Waals surface area contributed by atoms with Gasteiger partial charge in [0.25, 0.3) is 0 Å². The lowest BCUT2D eigenvalue weighted by molar-refractivity contribution is -0.128. The number of hydrogen-bond donors (Lipinski definition) is 2. The molecule has 0 aliphatic carbocycles. The summed E-state index contributed by atoms with van der Waals surface area (Å²) in [5.41, 5.74) is 7.84. The molecule has 4 nitrogen and oxygen atoms in total. The van der Waals surface area contributed by atoms with Crippen LogP contribution in [0.1, 0.15) is 45.2 Å². The van der Waals surface area contributed by atoms with Crippen molar-refractivity contribution in [3.63, 3.8) is 0 Å². The van der Waals surface area contributed by atoms with Crippen LogP contribution in [0.25, 0.3) is 0 Å². The van der Waals surface area contributed by atoms with Gasteiger partial charge < -0.3 is 15.8 Å². The van der Waals surface area contributed by atoms with E-state index in [1.807, 2.05) is 32.0 Å². The van der Waals surface area contributed by atoms with Crippen LogP contribution in [0, 0.1) is 25.7 Å². The molecule has 4 heteroatoms. The minimum absolute atomic E-state index is 0.0313. The molecule has 1 fully saturated rings. The second-order valence-corrected chi connectivity index (χ2v) is 8.35. The molecule has 24 heavy (non-hydrogen) atoms. The number of nitrogens with two attached hydrogens (primary N) is 1. The molecule has 2 rings (SSSR count). The van der Waals surface area contributed by atoms with Crippen molar-refractivity contribution in [1.29, 1.82) is 0 Å². The molecule has 3 N–H and O–H groups in total. The van der Waals surface area contributed by atoms with Crippen molar-refractivity contribution < 1.29 is 9.53 Å². The topological polar surface area (TPSA) is 64.3 Å². The Morgan fingerprint density at radius 1 is 1.29 bits per heavy atom. The molecule has 2 unspecified atom stereocenters. The van der Waals surface area contributed by atoms with Crippen LogP contribution in [0.15, 0.2) is 18.2 Å². The first kappa shape index (κ1) is 18.9. The van der Waals surface area contributed by atoms with Gasteiger partial charge in [-0.2, -0.15) is 0 Å². The number of carbonyl (C=O) groups excluding carboxylic acids is 1. The zero-order valence-electron chi connectivity index (χ0n) is 15.9. The van der Waals surface area contributed by atoms with Crippen LogP contribution in [0.4, 0.5) is 0 Å². The van der Waals surface area contributed by atoms with Crippen molar-refractivity contribution in [2.75, 3.05) is 13.2 Å². The number of Topliss-reactive ketones (excluding diaryl/α,β-unsaturated/α-hetero) is 1. The minimum atomic E-state index is -0.274. The third-order valence-electron chi connectivity index (χ3n) is 5.11. The number of benzene rings is 1. The Bertz CT molecular complexity index is 587. The molecule has 1 heterocycles. The summed E-state index contributed by atoms with van der Waals surface area (Å²) in [6.07, 6.45) is 0.832. The average Bonchev–Trinajstić information content (AvgIpc) is 2.69. The molecule has 1 saturated heterocycles. The van der Waals surface area contributed by atoms with E-state index >= 15 is 0 Å². The monoisotopic (exact) mass is 332 g/mol. The van der Waals surface area contributed by atoms with Crippen LogP contribution < -0.4 is 15.8 Å². The SMILES string of the molecule is Cc1cccc(C)c1OCC(CN)C(=O)C1CC(C)(C)NC1(C)C. The van der Waals surface area contributed by atoms with Crippen LogP contribution in [-0.2, 0) is 4.79 Å². The molecule has 0 radical (unpaired) electrons. The van der Waals surface area contributed by atoms with Crippen LogP contribution in [0.5, 0.6) is 5.75 Å². The number of ether oxygens (including phenoxy) is 1. The van der Waals surface area contributed by atoms with Crippen molar-refractivity contribution in [2.45, 2.75) is 59.0 Å². The van der Waals surface area contributed by atoms with Gasteiger partial charge in [0.1, 0.15) is 11.5 Å². The molecule has 0 spiro atoms. The van der Waals surface area contributed by atoms with E-state index in [0.717, 1.165) is 23.3 Å². The summed E-state index contributed by atoms with van der Waals surface area (Å²) >= 11 is 0. The Kier molecular flexibility index (Phi) is 5.41. The zero-order chi connectivity index (χ0) is 18.1. The lowest BCUT2D eigenvalue weighted by Crippen LogP contribution is -2.48. The van der Waals surface area contributed by atoms with Crippen molar-refractivity contribution in [3.8, 4) is 5.75 Å². The molecule has 1 aliphatic heterocycles. The fourth-order valence-electron chi connectivity index (χ4n) is 3.99. The Labute approximate surface area is 146 Å². The Morgan fingerprint density at radius 3 is 2.33 bits per heavy atom. The fraction of sp³-hybridized carbons (Fsp3) is 0.650. The maximum atomic E-state index is 13.1. The lowest BCUT2D eigenvalue weighted by Gasteiger charge is -2.29. The van der Waals surface area contributed by atoms with E-state index in [1.54, 1.807) is 0 Å². The van der Waals surface area contributed by atoms with E-state index < -0.39 is 0 Å². The second-order valence-electron chi connectivity index (χ2n) is 8.35. The summed E-state index contributed by atoms with van der Waals surface area (Å²) in [6.45, 7) is 13.2. The summed E-state index contributed by atoms with van der Waals surface area (Å²) in [4.78, 5) is 13.1. The Balaban J connectivity index is 2.10. The van der Waals surface area contributed by atoms with Gasteiger partial charge in [0, 0.05) is 23.5 Å². The number of rotatable bonds is 6. The van der Waals surface area contributed by atoms with E-state index in [0.29, 0.717) is 13.2 Å². The Morgan fingerprint density at radius 2 is 1.88 bits per heavy atom. The van der Waals surface area contributed by atoms with E-state index in [2.05, 4.69) is 33.0 Å². The highest BCUT2D eigenvalue weighted by atomic mass is 16.5. The number of carbonyl (C=O) groups is 1. The van der Waals surface area contributed by atoms with Gasteiger partial charge in [-0.1, -0.05) is 18.2 Å². The van der Waals surface area contributed by atoms with Crippen molar-refractivity contribution >= 4 is 5.78 Å². The average molecular weight is 332 g/mol. The quantitative estimate of drug-likeness (QED) is 0.840. The largest absolute Gasteiger partial charge is 0.492 e. The number of para-hydroxylation sites is 1. The summed E-state index contributed by atoms with van der Waals surface area (Å²) in [5, 5.41) is 3.57. The molecule has 0 bridgehead atoms. The zero-order valence-corrected chi connectivity index (χ0v) is 15.9. The molecule has 1 aliphatic rings. The molecule has 134 valence electrons. The number of ketones is 1. The summed E-state index contributed by atoms with van der Waals surface area (Å²) in [6, 6.07) is 6.06. The van der Waals surface area contributed by atoms with E-state index in [1.165, 1.54) is 0 Å². The fourth-order valence-corrected chi connectivity index (χ4v) is 3.99.